The molecule has 0 amide bonds. The van der Waals surface area contributed by atoms with Crippen LogP contribution in [0.3, 0.4) is 0 Å². The molecule has 0 aromatic carbocycles. The van der Waals surface area contributed by atoms with Crippen LogP contribution in [-0.2, 0) is 38.1 Å². The van der Waals surface area contributed by atoms with Crippen LogP contribution in [-0.4, -0.2) is 61.5 Å². The number of carbonyl (C=O) groups excluding carboxylic acids is 4. The lowest BCUT2D eigenvalue weighted by atomic mass is 10.1. The summed E-state index contributed by atoms with van der Waals surface area (Å²) in [6, 6.07) is 0. The Balaban J connectivity index is 3.49. The van der Waals surface area contributed by atoms with Crippen LogP contribution in [0.25, 0.3) is 0 Å². The maximum Gasteiger partial charge on any atom is 0.305 e. The van der Waals surface area contributed by atoms with Crippen molar-refractivity contribution in [2.45, 2.75) is 225 Å². The minimum atomic E-state index is -1.05. The van der Waals surface area contributed by atoms with Crippen LogP contribution in [0, 0.1) is 0 Å². The third-order valence-electron chi connectivity index (χ3n) is 9.42. The molecule has 0 saturated heterocycles. The number of rotatable bonds is 40. The van der Waals surface area contributed by atoms with E-state index >= 15 is 0 Å². The van der Waals surface area contributed by atoms with E-state index in [1.165, 1.54) is 89.9 Å². The molecule has 0 aliphatic rings. The van der Waals surface area contributed by atoms with Crippen molar-refractivity contribution in [2.75, 3.05) is 26.4 Å². The number of hydrogen-bond acceptors (Lipinski definition) is 9. The van der Waals surface area contributed by atoms with E-state index in [0.29, 0.717) is 38.9 Å². The second kappa shape index (κ2) is 40.0. The van der Waals surface area contributed by atoms with E-state index in [1.54, 1.807) is 0 Å². The second-order valence-electron chi connectivity index (χ2n) is 14.7. The van der Waals surface area contributed by atoms with Crippen LogP contribution in [0.2, 0.25) is 0 Å². The third-order valence-corrected chi connectivity index (χ3v) is 9.42. The summed E-state index contributed by atoms with van der Waals surface area (Å²) in [4.78, 5) is 47.8. The summed E-state index contributed by atoms with van der Waals surface area (Å²) in [6.07, 6.45) is 31.2. The lowest BCUT2D eigenvalue weighted by Gasteiger charge is -2.12. The van der Waals surface area contributed by atoms with Gasteiger partial charge in [0.05, 0.1) is 13.2 Å². The molecule has 0 unspecified atom stereocenters. The molecule has 0 aromatic heterocycles. The maximum absolute atomic E-state index is 12.0. The third kappa shape index (κ3) is 39.1. The van der Waals surface area contributed by atoms with Gasteiger partial charge < -0.3 is 24.1 Å². The normalized spacial score (nSPS) is 11.2. The van der Waals surface area contributed by atoms with Gasteiger partial charge in [-0.15, -0.1) is 0 Å². The Bertz CT molecular complexity index is 765. The summed E-state index contributed by atoms with van der Waals surface area (Å²) < 4.78 is 20.9. The fraction of sp³-hybridized carbons (Fsp3) is 0.907. The Kier molecular flexibility index (Phi) is 38.4. The van der Waals surface area contributed by atoms with Gasteiger partial charge in [-0.05, 0) is 38.5 Å². The molecule has 9 heteroatoms. The lowest BCUT2D eigenvalue weighted by Crippen LogP contribution is -2.25. The highest BCUT2D eigenvalue weighted by Crippen LogP contribution is 2.13. The predicted octanol–water partition coefficient (Wildman–Crippen LogP) is 11.0. The summed E-state index contributed by atoms with van der Waals surface area (Å²) in [5.74, 6) is -0.988. The quantitative estimate of drug-likeness (QED) is 0.0371. The smallest absolute Gasteiger partial charge is 0.305 e. The highest BCUT2D eigenvalue weighted by molar-refractivity contribution is 5.70. The van der Waals surface area contributed by atoms with Gasteiger partial charge in [0.15, 0.2) is 0 Å². The zero-order valence-corrected chi connectivity index (χ0v) is 33.7. The van der Waals surface area contributed by atoms with Crippen molar-refractivity contribution in [1.29, 1.82) is 0 Å². The van der Waals surface area contributed by atoms with E-state index in [4.69, 9.17) is 18.9 Å². The molecule has 0 spiro atoms. The van der Waals surface area contributed by atoms with E-state index in [9.17, 15) is 24.3 Å². The number of aliphatic hydroxyl groups excluding tert-OH is 1. The van der Waals surface area contributed by atoms with Gasteiger partial charge in [0.25, 0.3) is 0 Å². The van der Waals surface area contributed by atoms with Crippen LogP contribution < -0.4 is 0 Å². The molecular formula is C43H80O9. The van der Waals surface area contributed by atoms with Crippen molar-refractivity contribution in [2.24, 2.45) is 0 Å². The molecule has 0 heterocycles. The number of esters is 4. The van der Waals surface area contributed by atoms with Gasteiger partial charge in [-0.2, -0.15) is 0 Å². The summed E-state index contributed by atoms with van der Waals surface area (Å²) in [5.41, 5.74) is 0. The van der Waals surface area contributed by atoms with Crippen molar-refractivity contribution in [1.82, 2.24) is 0 Å². The van der Waals surface area contributed by atoms with Crippen molar-refractivity contribution in [3.05, 3.63) is 0 Å². The fourth-order valence-corrected chi connectivity index (χ4v) is 6.05. The van der Waals surface area contributed by atoms with Crippen LogP contribution >= 0.6 is 0 Å². The topological polar surface area (TPSA) is 125 Å². The standard InChI is InChI=1S/C43H80O9/c1-3-5-7-9-11-13-15-23-29-35-49-40(45)31-25-19-17-21-27-33-42(47)51-37-39(44)38-52-43(48)34-28-22-18-20-26-32-41(46)50-36-30-24-16-14-12-10-8-6-4-2/h39,44H,3-38H2,1-2H3. The number of ether oxygens (including phenoxy) is 4. The molecule has 0 aliphatic heterocycles. The predicted molar refractivity (Wildman–Crippen MR) is 209 cm³/mol. The van der Waals surface area contributed by atoms with Gasteiger partial charge in [-0.3, -0.25) is 19.2 Å². The molecule has 1 N–H and O–H groups in total. The summed E-state index contributed by atoms with van der Waals surface area (Å²) in [7, 11) is 0. The molecule has 52 heavy (non-hydrogen) atoms. The van der Waals surface area contributed by atoms with Crippen molar-refractivity contribution in [3.63, 3.8) is 0 Å². The highest BCUT2D eigenvalue weighted by Gasteiger charge is 2.12. The van der Waals surface area contributed by atoms with Crippen LogP contribution in [0.5, 0.6) is 0 Å². The summed E-state index contributed by atoms with van der Waals surface area (Å²) in [6.45, 7) is 5.12. The fourth-order valence-electron chi connectivity index (χ4n) is 6.05. The van der Waals surface area contributed by atoms with E-state index in [1.807, 2.05) is 0 Å². The van der Waals surface area contributed by atoms with Gasteiger partial charge >= 0.3 is 23.9 Å². The SMILES string of the molecule is CCCCCCCCCCCOC(=O)CCCCCCCC(=O)OCC(O)COC(=O)CCCCCCCC(=O)OCCCCCCCCCCC. The molecule has 0 radical (unpaired) electrons. The Morgan fingerprint density at radius 3 is 0.865 bits per heavy atom. The van der Waals surface area contributed by atoms with Gasteiger partial charge in [0.1, 0.15) is 19.3 Å². The largest absolute Gasteiger partial charge is 0.466 e. The Morgan fingerprint density at radius 2 is 0.577 bits per heavy atom. The lowest BCUT2D eigenvalue weighted by molar-refractivity contribution is -0.152. The highest BCUT2D eigenvalue weighted by atomic mass is 16.6. The zero-order valence-electron chi connectivity index (χ0n) is 33.7. The van der Waals surface area contributed by atoms with Crippen LogP contribution in [0.1, 0.15) is 219 Å². The molecule has 0 fully saturated rings. The first-order valence-electron chi connectivity index (χ1n) is 21.7. The van der Waals surface area contributed by atoms with E-state index in [0.717, 1.165) is 77.0 Å². The molecular weight excluding hydrogens is 660 g/mol. The summed E-state index contributed by atoms with van der Waals surface area (Å²) in [5, 5.41) is 10.0. The molecule has 0 bridgehead atoms. The molecule has 306 valence electrons. The Hall–Kier alpha value is -2.16. The molecule has 0 atom stereocenters. The van der Waals surface area contributed by atoms with Crippen LogP contribution in [0.15, 0.2) is 0 Å². The molecule has 0 saturated carbocycles. The van der Waals surface area contributed by atoms with Gasteiger partial charge in [-0.25, -0.2) is 0 Å². The van der Waals surface area contributed by atoms with Crippen molar-refractivity contribution >= 4 is 23.9 Å². The van der Waals surface area contributed by atoms with E-state index in [-0.39, 0.29) is 49.9 Å². The molecule has 0 rings (SSSR count). The average Bonchev–Trinajstić information content (AvgIpc) is 3.13. The van der Waals surface area contributed by atoms with Crippen molar-refractivity contribution in [3.8, 4) is 0 Å². The Morgan fingerprint density at radius 1 is 0.346 bits per heavy atom. The zero-order chi connectivity index (χ0) is 38.2. The van der Waals surface area contributed by atoms with Gasteiger partial charge in [0, 0.05) is 25.7 Å². The number of unbranched alkanes of at least 4 members (excludes halogenated alkanes) is 24. The minimum Gasteiger partial charge on any atom is -0.466 e. The number of aliphatic hydroxyl groups is 1. The molecule has 0 aliphatic carbocycles. The monoisotopic (exact) mass is 741 g/mol. The van der Waals surface area contributed by atoms with Gasteiger partial charge in [0.2, 0.25) is 0 Å². The van der Waals surface area contributed by atoms with Crippen molar-refractivity contribution < 1.29 is 43.2 Å². The Labute approximate surface area is 318 Å². The first-order chi connectivity index (χ1) is 25.4. The minimum absolute atomic E-state index is 0.117. The number of hydrogen-bond donors (Lipinski definition) is 1. The number of carbonyl (C=O) groups is 4. The summed E-state index contributed by atoms with van der Waals surface area (Å²) >= 11 is 0. The molecule has 9 nitrogen and oxygen atoms in total. The first-order valence-corrected chi connectivity index (χ1v) is 21.7. The van der Waals surface area contributed by atoms with Gasteiger partial charge in [-0.1, -0.05) is 155 Å². The van der Waals surface area contributed by atoms with Crippen LogP contribution in [0.4, 0.5) is 0 Å². The van der Waals surface area contributed by atoms with E-state index in [2.05, 4.69) is 13.8 Å². The average molecular weight is 741 g/mol. The first kappa shape index (κ1) is 49.8. The van der Waals surface area contributed by atoms with E-state index < -0.39 is 6.10 Å². The second-order valence-corrected chi connectivity index (χ2v) is 14.7. The maximum atomic E-state index is 12.0. The molecule has 0 aromatic rings.